The maximum absolute atomic E-state index is 11.9. The second-order valence-corrected chi connectivity index (χ2v) is 8.80. The van der Waals surface area contributed by atoms with Crippen LogP contribution in [0.15, 0.2) is 66.9 Å². The maximum Gasteiger partial charge on any atom is 0.245 e. The summed E-state index contributed by atoms with van der Waals surface area (Å²) in [4.78, 5) is 16.5. The van der Waals surface area contributed by atoms with E-state index >= 15 is 0 Å². The Bertz CT molecular complexity index is 1340. The van der Waals surface area contributed by atoms with Gasteiger partial charge >= 0.3 is 0 Å². The maximum atomic E-state index is 11.9. The van der Waals surface area contributed by atoms with Crippen molar-refractivity contribution in [1.82, 2.24) is 19.4 Å². The van der Waals surface area contributed by atoms with Gasteiger partial charge in [0.1, 0.15) is 6.61 Å². The van der Waals surface area contributed by atoms with Crippen LogP contribution in [0.1, 0.15) is 41.3 Å². The molecule has 176 valence electrons. The summed E-state index contributed by atoms with van der Waals surface area (Å²) < 4.78 is 3.89. The molecule has 1 amide bonds. The van der Waals surface area contributed by atoms with Gasteiger partial charge in [0.25, 0.3) is 0 Å². The van der Waals surface area contributed by atoms with Crippen LogP contribution in [0.4, 0.5) is 0 Å². The number of aryl methyl sites for hydroxylation is 2. The average Bonchev–Trinajstić information content (AvgIpc) is 3.14. The number of aliphatic hydroxyl groups is 1. The molecule has 2 aromatic heterocycles. The number of amides is 1. The first-order valence-corrected chi connectivity index (χ1v) is 11.5. The van der Waals surface area contributed by atoms with Gasteiger partial charge in [-0.3, -0.25) is 14.8 Å². The van der Waals surface area contributed by atoms with Gasteiger partial charge < -0.3 is 15.0 Å². The van der Waals surface area contributed by atoms with Crippen molar-refractivity contribution in [1.29, 1.82) is 5.41 Å². The molecule has 0 aliphatic rings. The number of benzene rings is 2. The molecular weight excluding hydrogens is 426 g/mol. The lowest BCUT2D eigenvalue weighted by Gasteiger charge is -2.21. The Hall–Kier alpha value is -3.71. The van der Waals surface area contributed by atoms with Gasteiger partial charge in [-0.1, -0.05) is 59.7 Å². The zero-order valence-electron chi connectivity index (χ0n) is 19.8. The van der Waals surface area contributed by atoms with Crippen LogP contribution >= 0.6 is 0 Å². The number of carbonyl (C=O) groups excluding carboxylic acids is 1. The molecule has 1 unspecified atom stereocenters. The number of fused-ring (bicyclic) bond motifs is 1. The van der Waals surface area contributed by atoms with Crippen molar-refractivity contribution in [2.24, 2.45) is 0 Å². The SMILES string of the molecule is Cc1ccc(C[C@@H](CNC(=O)CO)n2c(=N)n(C(C)c3ccc(C)cc3)c3cccnc32)cc1. The van der Waals surface area contributed by atoms with Gasteiger partial charge in [-0.25, -0.2) is 4.98 Å². The van der Waals surface area contributed by atoms with Gasteiger partial charge in [0.2, 0.25) is 11.5 Å². The van der Waals surface area contributed by atoms with Crippen molar-refractivity contribution >= 4 is 17.1 Å². The van der Waals surface area contributed by atoms with Crippen LogP contribution in [0.25, 0.3) is 11.2 Å². The lowest BCUT2D eigenvalue weighted by atomic mass is 10.0. The average molecular weight is 458 g/mol. The fraction of sp³-hybridized carbons (Fsp3) is 0.296. The van der Waals surface area contributed by atoms with E-state index in [0.29, 0.717) is 17.7 Å². The van der Waals surface area contributed by atoms with Crippen molar-refractivity contribution in [3.63, 3.8) is 0 Å². The van der Waals surface area contributed by atoms with E-state index in [0.717, 1.165) is 16.6 Å². The highest BCUT2D eigenvalue weighted by atomic mass is 16.3. The monoisotopic (exact) mass is 457 g/mol. The van der Waals surface area contributed by atoms with Gasteiger partial charge in [0, 0.05) is 12.7 Å². The Balaban J connectivity index is 1.82. The smallest absolute Gasteiger partial charge is 0.245 e. The van der Waals surface area contributed by atoms with E-state index in [-0.39, 0.29) is 18.6 Å². The van der Waals surface area contributed by atoms with Crippen LogP contribution in [-0.2, 0) is 11.2 Å². The molecule has 0 aliphatic heterocycles. The molecule has 0 spiro atoms. The first-order valence-electron chi connectivity index (χ1n) is 11.5. The Morgan fingerprint density at radius 3 is 2.32 bits per heavy atom. The molecule has 4 rings (SSSR count). The third kappa shape index (κ3) is 4.79. The highest BCUT2D eigenvalue weighted by molar-refractivity contribution is 5.77. The summed E-state index contributed by atoms with van der Waals surface area (Å²) in [5.74, 6) is -0.439. The second kappa shape index (κ2) is 10.1. The number of nitrogens with one attached hydrogen (secondary N) is 2. The normalized spacial score (nSPS) is 13.1. The molecule has 0 saturated heterocycles. The molecule has 0 radical (unpaired) electrons. The van der Waals surface area contributed by atoms with E-state index < -0.39 is 12.5 Å². The molecule has 3 N–H and O–H groups in total. The standard InChI is InChI=1S/C27H31N5O2/c1-18-6-10-21(11-7-18)15-23(16-30-25(34)17-33)32-26-24(5-4-14-29-26)31(27(32)28)20(3)22-12-8-19(2)9-13-22/h4-14,20,23,28,33H,15-17H2,1-3H3,(H,30,34)/t20?,23-/m0/s1. The lowest BCUT2D eigenvalue weighted by molar-refractivity contribution is -0.123. The third-order valence-corrected chi connectivity index (χ3v) is 6.29. The van der Waals surface area contributed by atoms with Gasteiger partial charge in [-0.2, -0.15) is 0 Å². The van der Waals surface area contributed by atoms with E-state index in [1.165, 1.54) is 11.1 Å². The molecule has 2 heterocycles. The fourth-order valence-corrected chi connectivity index (χ4v) is 4.36. The first-order chi connectivity index (χ1) is 16.4. The third-order valence-electron chi connectivity index (χ3n) is 6.29. The van der Waals surface area contributed by atoms with Crippen molar-refractivity contribution in [3.8, 4) is 0 Å². The van der Waals surface area contributed by atoms with Crippen LogP contribution in [0, 0.1) is 19.3 Å². The van der Waals surface area contributed by atoms with Gasteiger partial charge in [-0.15, -0.1) is 0 Å². The zero-order chi connectivity index (χ0) is 24.2. The largest absolute Gasteiger partial charge is 0.387 e. The summed E-state index contributed by atoms with van der Waals surface area (Å²) in [5, 5.41) is 21.2. The minimum absolute atomic E-state index is 0.0758. The van der Waals surface area contributed by atoms with Crippen molar-refractivity contribution in [2.45, 2.75) is 39.3 Å². The summed E-state index contributed by atoms with van der Waals surface area (Å²) in [5.41, 5.74) is 6.45. The van der Waals surface area contributed by atoms with Gasteiger partial charge in [0.15, 0.2) is 5.65 Å². The summed E-state index contributed by atoms with van der Waals surface area (Å²) in [6, 6.07) is 20.2. The predicted octanol–water partition coefficient (Wildman–Crippen LogP) is 3.44. The molecule has 4 aromatic rings. The number of aliphatic hydroxyl groups excluding tert-OH is 1. The molecule has 0 fully saturated rings. The number of aromatic nitrogens is 3. The van der Waals surface area contributed by atoms with Gasteiger partial charge in [-0.05, 0) is 50.5 Å². The van der Waals surface area contributed by atoms with E-state index in [4.69, 9.17) is 0 Å². The van der Waals surface area contributed by atoms with E-state index in [1.807, 2.05) is 28.2 Å². The Morgan fingerprint density at radius 2 is 1.68 bits per heavy atom. The Kier molecular flexibility index (Phi) is 6.93. The molecule has 0 aliphatic carbocycles. The Morgan fingerprint density at radius 1 is 1.03 bits per heavy atom. The van der Waals surface area contributed by atoms with E-state index in [9.17, 15) is 15.3 Å². The molecule has 2 atom stereocenters. The van der Waals surface area contributed by atoms with E-state index in [2.05, 4.69) is 72.7 Å². The molecule has 34 heavy (non-hydrogen) atoms. The number of pyridine rings is 1. The number of hydrogen-bond acceptors (Lipinski definition) is 4. The van der Waals surface area contributed by atoms with Crippen LogP contribution in [0.5, 0.6) is 0 Å². The number of imidazole rings is 1. The summed E-state index contributed by atoms with van der Waals surface area (Å²) in [6.45, 7) is 5.90. The van der Waals surface area contributed by atoms with Crippen LogP contribution in [0.3, 0.4) is 0 Å². The van der Waals surface area contributed by atoms with Crippen molar-refractivity contribution < 1.29 is 9.90 Å². The fourth-order valence-electron chi connectivity index (χ4n) is 4.36. The molecule has 2 aromatic carbocycles. The number of carbonyl (C=O) groups is 1. The van der Waals surface area contributed by atoms with Gasteiger partial charge in [0.05, 0.1) is 17.6 Å². The minimum atomic E-state index is -0.569. The predicted molar refractivity (Wildman–Crippen MR) is 133 cm³/mol. The number of hydrogen-bond donors (Lipinski definition) is 3. The summed E-state index contributed by atoms with van der Waals surface area (Å²) in [7, 11) is 0. The molecule has 7 heteroatoms. The van der Waals surface area contributed by atoms with E-state index in [1.54, 1.807) is 6.20 Å². The Labute approximate surface area is 199 Å². The quantitative estimate of drug-likeness (QED) is 0.378. The lowest BCUT2D eigenvalue weighted by Crippen LogP contribution is -2.38. The first kappa shape index (κ1) is 23.4. The van der Waals surface area contributed by atoms with Crippen molar-refractivity contribution in [2.75, 3.05) is 13.2 Å². The highest BCUT2D eigenvalue weighted by Gasteiger charge is 2.23. The molecule has 7 nitrogen and oxygen atoms in total. The van der Waals surface area contributed by atoms with Crippen LogP contribution in [-0.4, -0.2) is 38.3 Å². The summed E-state index contributed by atoms with van der Waals surface area (Å²) >= 11 is 0. The highest BCUT2D eigenvalue weighted by Crippen LogP contribution is 2.25. The summed E-state index contributed by atoms with van der Waals surface area (Å²) in [6.07, 6.45) is 2.34. The topological polar surface area (TPSA) is 95.9 Å². The molecule has 0 saturated carbocycles. The minimum Gasteiger partial charge on any atom is -0.387 e. The number of rotatable bonds is 8. The molecule has 0 bridgehead atoms. The van der Waals surface area contributed by atoms with Crippen LogP contribution in [0.2, 0.25) is 0 Å². The van der Waals surface area contributed by atoms with Crippen molar-refractivity contribution in [3.05, 3.63) is 94.7 Å². The second-order valence-electron chi connectivity index (χ2n) is 8.80. The van der Waals surface area contributed by atoms with Crippen LogP contribution < -0.4 is 10.9 Å². The number of nitrogens with zero attached hydrogens (tertiary/aromatic N) is 3. The zero-order valence-corrected chi connectivity index (χ0v) is 19.8. The molecular formula is C27H31N5O2.